The van der Waals surface area contributed by atoms with Gasteiger partial charge in [-0.1, -0.05) is 6.92 Å². The highest BCUT2D eigenvalue weighted by atomic mass is 32.2. The van der Waals surface area contributed by atoms with Crippen LogP contribution in [0, 0.1) is 5.92 Å². The van der Waals surface area contributed by atoms with Crippen LogP contribution in [0.15, 0.2) is 0 Å². The van der Waals surface area contributed by atoms with Gasteiger partial charge in [0.2, 0.25) is 10.0 Å². The van der Waals surface area contributed by atoms with Gasteiger partial charge in [-0.05, 0) is 45.2 Å². The summed E-state index contributed by atoms with van der Waals surface area (Å²) in [4.78, 5) is 2.54. The summed E-state index contributed by atoms with van der Waals surface area (Å²) in [5.74, 6) is 0.679. The fraction of sp³-hybridized carbons (Fsp3) is 1.00. The summed E-state index contributed by atoms with van der Waals surface area (Å²) < 4.78 is 24.4. The average molecular weight is 291 g/mol. The van der Waals surface area contributed by atoms with Crippen LogP contribution in [-0.2, 0) is 10.0 Å². The fourth-order valence-electron chi connectivity index (χ4n) is 2.72. The van der Waals surface area contributed by atoms with E-state index in [1.807, 2.05) is 0 Å². The van der Waals surface area contributed by atoms with Crippen LogP contribution >= 0.6 is 0 Å². The number of piperidine rings is 1. The first kappa shape index (κ1) is 16.9. The highest BCUT2D eigenvalue weighted by Gasteiger charge is 2.23. The van der Waals surface area contributed by atoms with E-state index in [4.69, 9.17) is 0 Å². The van der Waals surface area contributed by atoms with E-state index in [2.05, 4.69) is 28.8 Å². The topological polar surface area (TPSA) is 61.4 Å². The van der Waals surface area contributed by atoms with Crippen molar-refractivity contribution in [2.75, 3.05) is 39.0 Å². The van der Waals surface area contributed by atoms with Gasteiger partial charge in [-0.15, -0.1) is 0 Å². The summed E-state index contributed by atoms with van der Waals surface area (Å²) in [7, 11) is -3.06. The van der Waals surface area contributed by atoms with Crippen LogP contribution in [-0.4, -0.2) is 58.3 Å². The molecule has 0 aromatic carbocycles. The molecule has 0 aliphatic carbocycles. The second-order valence-corrected chi connectivity index (χ2v) is 7.45. The summed E-state index contributed by atoms with van der Waals surface area (Å²) in [6.07, 6.45) is 4.96. The monoisotopic (exact) mass is 291 g/mol. The van der Waals surface area contributed by atoms with E-state index in [9.17, 15) is 8.42 Å². The van der Waals surface area contributed by atoms with E-state index < -0.39 is 10.0 Å². The lowest BCUT2D eigenvalue weighted by molar-refractivity contribution is 0.151. The van der Waals surface area contributed by atoms with E-state index in [0.29, 0.717) is 25.0 Å². The standard InChI is InChI=1S/C13H29N3O2S/c1-4-9-16-10-5-6-13(11-16)12(2)14-7-8-15-19(3,17)18/h12-15H,4-11H2,1-3H3. The fourth-order valence-corrected chi connectivity index (χ4v) is 3.19. The maximum Gasteiger partial charge on any atom is 0.208 e. The van der Waals surface area contributed by atoms with Crippen molar-refractivity contribution in [2.45, 2.75) is 39.2 Å². The van der Waals surface area contributed by atoms with Crippen molar-refractivity contribution in [2.24, 2.45) is 5.92 Å². The maximum absolute atomic E-state index is 10.9. The normalized spacial score (nSPS) is 23.4. The number of likely N-dealkylation sites (tertiary alicyclic amines) is 1. The zero-order chi connectivity index (χ0) is 14.3. The first-order valence-electron chi connectivity index (χ1n) is 7.32. The smallest absolute Gasteiger partial charge is 0.208 e. The minimum absolute atomic E-state index is 0.445. The third-order valence-corrected chi connectivity index (χ3v) is 4.47. The summed E-state index contributed by atoms with van der Waals surface area (Å²) in [6.45, 7) is 9.18. The number of hydrogen-bond acceptors (Lipinski definition) is 4. The van der Waals surface area contributed by atoms with E-state index in [1.165, 1.54) is 45.2 Å². The van der Waals surface area contributed by atoms with Crippen LogP contribution in [0.4, 0.5) is 0 Å². The Kier molecular flexibility index (Phi) is 7.28. The Labute approximate surface area is 118 Å². The molecule has 0 amide bonds. The van der Waals surface area contributed by atoms with Gasteiger partial charge in [-0.2, -0.15) is 0 Å². The third kappa shape index (κ3) is 7.25. The van der Waals surface area contributed by atoms with Crippen molar-refractivity contribution >= 4 is 10.0 Å². The minimum Gasteiger partial charge on any atom is -0.313 e. The van der Waals surface area contributed by atoms with Gasteiger partial charge < -0.3 is 10.2 Å². The van der Waals surface area contributed by atoms with E-state index >= 15 is 0 Å². The van der Waals surface area contributed by atoms with Crippen LogP contribution < -0.4 is 10.0 Å². The molecule has 5 nitrogen and oxygen atoms in total. The molecule has 0 bridgehead atoms. The molecule has 0 saturated carbocycles. The molecule has 2 unspecified atom stereocenters. The van der Waals surface area contributed by atoms with Crippen LogP contribution in [0.1, 0.15) is 33.1 Å². The highest BCUT2D eigenvalue weighted by molar-refractivity contribution is 7.88. The maximum atomic E-state index is 10.9. The second kappa shape index (κ2) is 8.19. The van der Waals surface area contributed by atoms with Gasteiger partial charge in [0.05, 0.1) is 6.26 Å². The lowest BCUT2D eigenvalue weighted by Gasteiger charge is -2.36. The summed E-state index contributed by atoms with van der Waals surface area (Å²) in [5.41, 5.74) is 0. The van der Waals surface area contributed by atoms with Crippen molar-refractivity contribution in [3.05, 3.63) is 0 Å². The van der Waals surface area contributed by atoms with Crippen molar-refractivity contribution in [1.82, 2.24) is 14.9 Å². The third-order valence-electron chi connectivity index (χ3n) is 3.74. The van der Waals surface area contributed by atoms with Crippen molar-refractivity contribution in [3.8, 4) is 0 Å². The zero-order valence-corrected chi connectivity index (χ0v) is 13.3. The van der Waals surface area contributed by atoms with Crippen LogP contribution in [0.3, 0.4) is 0 Å². The molecular weight excluding hydrogens is 262 g/mol. The van der Waals surface area contributed by atoms with Gasteiger partial charge in [0, 0.05) is 25.7 Å². The largest absolute Gasteiger partial charge is 0.313 e. The Bertz CT molecular complexity index is 344. The minimum atomic E-state index is -3.06. The summed E-state index contributed by atoms with van der Waals surface area (Å²) in [5, 5.41) is 3.43. The van der Waals surface area contributed by atoms with Crippen molar-refractivity contribution in [1.29, 1.82) is 0 Å². The van der Waals surface area contributed by atoms with Gasteiger partial charge in [-0.25, -0.2) is 13.1 Å². The predicted octanol–water partition coefficient (Wildman–Crippen LogP) is 0.636. The SMILES string of the molecule is CCCN1CCCC(C(C)NCCNS(C)(=O)=O)C1. The molecule has 19 heavy (non-hydrogen) atoms. The molecule has 0 radical (unpaired) electrons. The Morgan fingerprint density at radius 1 is 1.37 bits per heavy atom. The van der Waals surface area contributed by atoms with Crippen molar-refractivity contribution < 1.29 is 8.42 Å². The number of rotatable bonds is 8. The van der Waals surface area contributed by atoms with Gasteiger partial charge in [0.1, 0.15) is 0 Å². The number of hydrogen-bond donors (Lipinski definition) is 2. The molecule has 6 heteroatoms. The first-order chi connectivity index (χ1) is 8.92. The zero-order valence-electron chi connectivity index (χ0n) is 12.5. The molecule has 2 N–H and O–H groups in total. The van der Waals surface area contributed by atoms with Gasteiger partial charge in [0.25, 0.3) is 0 Å². The Balaban J connectivity index is 2.23. The van der Waals surface area contributed by atoms with E-state index in [1.54, 1.807) is 0 Å². The molecule has 1 saturated heterocycles. The van der Waals surface area contributed by atoms with Crippen LogP contribution in [0.5, 0.6) is 0 Å². The average Bonchev–Trinajstić information content (AvgIpc) is 2.34. The van der Waals surface area contributed by atoms with Crippen molar-refractivity contribution in [3.63, 3.8) is 0 Å². The van der Waals surface area contributed by atoms with Gasteiger partial charge in [-0.3, -0.25) is 0 Å². The number of nitrogens with one attached hydrogen (secondary N) is 2. The molecular formula is C13H29N3O2S. The molecule has 114 valence electrons. The Morgan fingerprint density at radius 3 is 2.74 bits per heavy atom. The Hall–Kier alpha value is -0.170. The predicted molar refractivity (Wildman–Crippen MR) is 79.8 cm³/mol. The van der Waals surface area contributed by atoms with E-state index in [-0.39, 0.29) is 0 Å². The molecule has 0 aromatic rings. The molecule has 1 heterocycles. The quantitative estimate of drug-likeness (QED) is 0.644. The molecule has 0 aromatic heterocycles. The molecule has 1 aliphatic heterocycles. The first-order valence-corrected chi connectivity index (χ1v) is 9.22. The van der Waals surface area contributed by atoms with Gasteiger partial charge in [0.15, 0.2) is 0 Å². The summed E-state index contributed by atoms with van der Waals surface area (Å²) >= 11 is 0. The van der Waals surface area contributed by atoms with Crippen LogP contribution in [0.25, 0.3) is 0 Å². The molecule has 0 spiro atoms. The summed E-state index contributed by atoms with van der Waals surface area (Å²) in [6, 6.07) is 0.445. The van der Waals surface area contributed by atoms with Gasteiger partial charge >= 0.3 is 0 Å². The number of sulfonamides is 1. The lowest BCUT2D eigenvalue weighted by atomic mass is 9.91. The molecule has 1 fully saturated rings. The Morgan fingerprint density at radius 2 is 2.11 bits per heavy atom. The van der Waals surface area contributed by atoms with E-state index in [0.717, 1.165) is 0 Å². The molecule has 1 aliphatic rings. The number of nitrogens with zero attached hydrogens (tertiary/aromatic N) is 1. The second-order valence-electron chi connectivity index (χ2n) is 5.61. The highest BCUT2D eigenvalue weighted by Crippen LogP contribution is 2.19. The molecule has 1 rings (SSSR count). The molecule has 2 atom stereocenters. The van der Waals surface area contributed by atoms with Crippen LogP contribution in [0.2, 0.25) is 0 Å². The lowest BCUT2D eigenvalue weighted by Crippen LogP contribution is -2.46.